The van der Waals surface area contributed by atoms with Gasteiger partial charge in [0.1, 0.15) is 19.2 Å². The van der Waals surface area contributed by atoms with Gasteiger partial charge in [0.15, 0.2) is 5.78 Å². The molecule has 2 aromatic rings. The average molecular weight is 256 g/mol. The molecule has 0 bridgehead atoms. The molecule has 0 amide bonds. The second kappa shape index (κ2) is 4.63. The molecular weight excluding hydrogens is 249 g/mol. The van der Waals surface area contributed by atoms with E-state index in [1.807, 2.05) is 0 Å². The molecule has 0 atom stereocenters. The lowest BCUT2D eigenvalue weighted by Crippen LogP contribution is -2.11. The summed E-state index contributed by atoms with van der Waals surface area (Å²) in [6.45, 7) is 0.112. The number of hydrogen-bond donors (Lipinski definition) is 0. The number of aromatic nitrogens is 3. The molecule has 0 aliphatic carbocycles. The topological polar surface area (TPSA) is 47.8 Å². The first kappa shape index (κ1) is 11.1. The maximum absolute atomic E-state index is 11.8. The first-order chi connectivity index (χ1) is 7.66. The van der Waals surface area contributed by atoms with Crippen molar-refractivity contribution >= 4 is 29.0 Å². The molecule has 0 aliphatic rings. The van der Waals surface area contributed by atoms with Crippen LogP contribution in [0.3, 0.4) is 0 Å². The van der Waals surface area contributed by atoms with Crippen molar-refractivity contribution in [3.05, 3.63) is 46.5 Å². The molecule has 16 heavy (non-hydrogen) atoms. The summed E-state index contributed by atoms with van der Waals surface area (Å²) in [7, 11) is 0. The quantitative estimate of drug-likeness (QED) is 0.792. The first-order valence-electron chi connectivity index (χ1n) is 4.47. The Kier molecular flexibility index (Phi) is 3.22. The second-order valence-electron chi connectivity index (χ2n) is 3.14. The lowest BCUT2D eigenvalue weighted by molar-refractivity contribution is 0.0967. The molecule has 1 heterocycles. The Hall–Kier alpha value is -1.39. The van der Waals surface area contributed by atoms with E-state index in [-0.39, 0.29) is 12.3 Å². The Morgan fingerprint density at radius 3 is 2.81 bits per heavy atom. The van der Waals surface area contributed by atoms with E-state index in [1.54, 1.807) is 12.1 Å². The number of ketones is 1. The van der Waals surface area contributed by atoms with Gasteiger partial charge in [-0.15, -0.1) is 0 Å². The fourth-order valence-corrected chi connectivity index (χ4v) is 1.78. The highest BCUT2D eigenvalue weighted by Gasteiger charge is 2.11. The predicted molar refractivity (Wildman–Crippen MR) is 60.8 cm³/mol. The van der Waals surface area contributed by atoms with E-state index in [0.717, 1.165) is 0 Å². The third kappa shape index (κ3) is 2.40. The molecule has 0 saturated carbocycles. The molecule has 6 heteroatoms. The van der Waals surface area contributed by atoms with Crippen molar-refractivity contribution in [2.45, 2.75) is 6.54 Å². The van der Waals surface area contributed by atoms with Gasteiger partial charge in [-0.05, 0) is 18.2 Å². The molecule has 1 aromatic carbocycles. The Balaban J connectivity index is 2.21. The SMILES string of the molecule is O=C(Cn1cncn1)c1ccc(Cl)cc1Cl. The monoisotopic (exact) mass is 255 g/mol. The zero-order valence-corrected chi connectivity index (χ0v) is 9.61. The maximum Gasteiger partial charge on any atom is 0.185 e. The van der Waals surface area contributed by atoms with Gasteiger partial charge in [-0.25, -0.2) is 9.67 Å². The van der Waals surface area contributed by atoms with Crippen LogP contribution in [0.2, 0.25) is 10.0 Å². The largest absolute Gasteiger partial charge is 0.292 e. The zero-order valence-electron chi connectivity index (χ0n) is 8.10. The summed E-state index contributed by atoms with van der Waals surface area (Å²) in [5.41, 5.74) is 0.432. The molecule has 0 spiro atoms. The molecule has 82 valence electrons. The molecule has 4 nitrogen and oxygen atoms in total. The molecule has 0 aliphatic heterocycles. The van der Waals surface area contributed by atoms with E-state index >= 15 is 0 Å². The average Bonchev–Trinajstić information content (AvgIpc) is 2.70. The van der Waals surface area contributed by atoms with Crippen LogP contribution in [0.4, 0.5) is 0 Å². The minimum absolute atomic E-state index is 0.112. The summed E-state index contributed by atoms with van der Waals surface area (Å²) < 4.78 is 1.44. The minimum Gasteiger partial charge on any atom is -0.292 e. The van der Waals surface area contributed by atoms with Crippen molar-refractivity contribution in [2.75, 3.05) is 0 Å². The van der Waals surface area contributed by atoms with Crippen molar-refractivity contribution in [2.24, 2.45) is 0 Å². The van der Waals surface area contributed by atoms with Crippen LogP contribution in [-0.2, 0) is 6.54 Å². The van der Waals surface area contributed by atoms with E-state index in [0.29, 0.717) is 15.6 Å². The van der Waals surface area contributed by atoms with Crippen molar-refractivity contribution < 1.29 is 4.79 Å². The number of benzene rings is 1. The smallest absolute Gasteiger partial charge is 0.185 e. The predicted octanol–water partition coefficient (Wildman–Crippen LogP) is 2.47. The van der Waals surface area contributed by atoms with Crippen LogP contribution in [0.15, 0.2) is 30.9 Å². The highest BCUT2D eigenvalue weighted by molar-refractivity contribution is 6.36. The van der Waals surface area contributed by atoms with Crippen molar-refractivity contribution in [1.82, 2.24) is 14.8 Å². The molecular formula is C10H7Cl2N3O. The lowest BCUT2D eigenvalue weighted by atomic mass is 10.1. The molecule has 1 aromatic heterocycles. The second-order valence-corrected chi connectivity index (χ2v) is 3.98. The van der Waals surface area contributed by atoms with E-state index in [1.165, 1.54) is 23.4 Å². The molecule has 0 saturated heterocycles. The van der Waals surface area contributed by atoms with Crippen LogP contribution < -0.4 is 0 Å². The molecule has 0 radical (unpaired) electrons. The van der Waals surface area contributed by atoms with Crippen LogP contribution in [0.5, 0.6) is 0 Å². The van der Waals surface area contributed by atoms with Crippen LogP contribution in [0, 0.1) is 0 Å². The van der Waals surface area contributed by atoms with Gasteiger partial charge < -0.3 is 0 Å². The summed E-state index contributed by atoms with van der Waals surface area (Å²) >= 11 is 11.7. The number of nitrogens with zero attached hydrogens (tertiary/aromatic N) is 3. The van der Waals surface area contributed by atoms with Gasteiger partial charge in [0, 0.05) is 10.6 Å². The van der Waals surface area contributed by atoms with E-state index in [9.17, 15) is 4.79 Å². The third-order valence-corrected chi connectivity index (χ3v) is 2.55. The van der Waals surface area contributed by atoms with Gasteiger partial charge >= 0.3 is 0 Å². The van der Waals surface area contributed by atoms with Crippen molar-refractivity contribution in [1.29, 1.82) is 0 Å². The molecule has 0 unspecified atom stereocenters. The van der Waals surface area contributed by atoms with Gasteiger partial charge in [-0.3, -0.25) is 4.79 Å². The number of carbonyl (C=O) groups is 1. The summed E-state index contributed by atoms with van der Waals surface area (Å²) in [5, 5.41) is 4.69. The minimum atomic E-state index is -0.132. The highest BCUT2D eigenvalue weighted by Crippen LogP contribution is 2.21. The maximum atomic E-state index is 11.8. The summed E-state index contributed by atoms with van der Waals surface area (Å²) in [4.78, 5) is 15.6. The number of rotatable bonds is 3. The number of hydrogen-bond acceptors (Lipinski definition) is 3. The molecule has 0 N–H and O–H groups in total. The molecule has 0 fully saturated rings. The van der Waals surface area contributed by atoms with Gasteiger partial charge in [0.05, 0.1) is 5.02 Å². The number of Topliss-reactive ketones (excluding diaryl/α,β-unsaturated/α-hetero) is 1. The highest BCUT2D eigenvalue weighted by atomic mass is 35.5. The Morgan fingerprint density at radius 1 is 1.38 bits per heavy atom. The third-order valence-electron chi connectivity index (χ3n) is 2.00. The summed E-state index contributed by atoms with van der Waals surface area (Å²) in [6, 6.07) is 4.77. The first-order valence-corrected chi connectivity index (χ1v) is 5.23. The van der Waals surface area contributed by atoms with E-state index in [4.69, 9.17) is 23.2 Å². The zero-order chi connectivity index (χ0) is 11.5. The number of carbonyl (C=O) groups excluding carboxylic acids is 1. The van der Waals surface area contributed by atoms with Gasteiger partial charge in [0.25, 0.3) is 0 Å². The van der Waals surface area contributed by atoms with Gasteiger partial charge in [-0.1, -0.05) is 23.2 Å². The van der Waals surface area contributed by atoms with Gasteiger partial charge in [-0.2, -0.15) is 5.10 Å². The van der Waals surface area contributed by atoms with Gasteiger partial charge in [0.2, 0.25) is 0 Å². The standard InChI is InChI=1S/C10H7Cl2N3O/c11-7-1-2-8(9(12)3-7)10(16)4-15-6-13-5-14-15/h1-3,5-6H,4H2. The fraction of sp³-hybridized carbons (Fsp3) is 0.100. The van der Waals surface area contributed by atoms with Crippen LogP contribution in [0.25, 0.3) is 0 Å². The van der Waals surface area contributed by atoms with Crippen LogP contribution >= 0.6 is 23.2 Å². The molecule has 2 rings (SSSR count). The Labute approximate surface area is 102 Å². The normalized spacial score (nSPS) is 10.4. The summed E-state index contributed by atoms with van der Waals surface area (Å²) in [5.74, 6) is -0.132. The summed E-state index contributed by atoms with van der Waals surface area (Å²) in [6.07, 6.45) is 2.85. The lowest BCUT2D eigenvalue weighted by Gasteiger charge is -2.03. The van der Waals surface area contributed by atoms with E-state index < -0.39 is 0 Å². The van der Waals surface area contributed by atoms with Crippen LogP contribution in [0.1, 0.15) is 10.4 Å². The van der Waals surface area contributed by atoms with Crippen LogP contribution in [-0.4, -0.2) is 20.5 Å². The number of halogens is 2. The van der Waals surface area contributed by atoms with Crippen molar-refractivity contribution in [3.8, 4) is 0 Å². The Bertz CT molecular complexity index is 511. The van der Waals surface area contributed by atoms with Crippen molar-refractivity contribution in [3.63, 3.8) is 0 Å². The fourth-order valence-electron chi connectivity index (χ4n) is 1.26. The van der Waals surface area contributed by atoms with E-state index in [2.05, 4.69) is 10.1 Å². The Morgan fingerprint density at radius 2 is 2.19 bits per heavy atom.